The minimum Gasteiger partial charge on any atom is -0.508 e. The lowest BCUT2D eigenvalue weighted by atomic mass is 10.3. The molecule has 0 amide bonds. The molecular weight excluding hydrogens is 218 g/mol. The van der Waals surface area contributed by atoms with Crippen molar-refractivity contribution < 1.29 is 18.3 Å². The number of phenolic OH excluding ortho intramolecular Hbond substituents is 1. The number of ether oxygens (including phenoxy) is 1. The van der Waals surface area contributed by atoms with Crippen molar-refractivity contribution in [3.05, 3.63) is 35.9 Å². The van der Waals surface area contributed by atoms with Crippen molar-refractivity contribution in [1.29, 1.82) is 0 Å². The van der Waals surface area contributed by atoms with Crippen molar-refractivity contribution in [1.82, 2.24) is 0 Å². The van der Waals surface area contributed by atoms with Crippen LogP contribution in [0.3, 0.4) is 0 Å². The van der Waals surface area contributed by atoms with Gasteiger partial charge in [0, 0.05) is 12.3 Å². The van der Waals surface area contributed by atoms with Crippen molar-refractivity contribution in [3.8, 4) is 11.5 Å². The molecule has 78 valence electrons. The van der Waals surface area contributed by atoms with E-state index in [1.807, 2.05) is 0 Å². The molecule has 6 heteroatoms. The summed E-state index contributed by atoms with van der Waals surface area (Å²) >= 11 is 0. The molecule has 5 nitrogen and oxygen atoms in total. The SMILES string of the molecule is O=S1(=O)C=CN=C1Oc1cccc(O)c1. The molecule has 15 heavy (non-hydrogen) atoms. The Morgan fingerprint density at radius 2 is 2.13 bits per heavy atom. The third-order valence-corrected chi connectivity index (χ3v) is 2.84. The normalized spacial score (nSPS) is 17.5. The van der Waals surface area contributed by atoms with E-state index >= 15 is 0 Å². The van der Waals surface area contributed by atoms with Crippen LogP contribution in [0.25, 0.3) is 0 Å². The van der Waals surface area contributed by atoms with Crippen molar-refractivity contribution in [3.63, 3.8) is 0 Å². The Kier molecular flexibility index (Phi) is 2.20. The summed E-state index contributed by atoms with van der Waals surface area (Å²) in [5, 5.41) is 9.70. The summed E-state index contributed by atoms with van der Waals surface area (Å²) in [4.78, 5) is 3.56. The molecule has 1 aromatic rings. The third-order valence-electron chi connectivity index (χ3n) is 1.69. The number of nitrogens with zero attached hydrogens (tertiary/aromatic N) is 1. The van der Waals surface area contributed by atoms with Gasteiger partial charge in [-0.2, -0.15) is 0 Å². The van der Waals surface area contributed by atoms with Crippen LogP contribution in [0.15, 0.2) is 40.9 Å². The van der Waals surface area contributed by atoms with E-state index in [-0.39, 0.29) is 16.7 Å². The fraction of sp³-hybridized carbons (Fsp3) is 0. The Morgan fingerprint density at radius 1 is 1.33 bits per heavy atom. The van der Waals surface area contributed by atoms with E-state index in [0.717, 1.165) is 11.6 Å². The van der Waals surface area contributed by atoms with Gasteiger partial charge in [-0.1, -0.05) is 6.07 Å². The number of phenols is 1. The summed E-state index contributed by atoms with van der Waals surface area (Å²) in [5.41, 5.74) is 0. The summed E-state index contributed by atoms with van der Waals surface area (Å²) in [6, 6.07) is 5.82. The van der Waals surface area contributed by atoms with Gasteiger partial charge in [-0.3, -0.25) is 0 Å². The summed E-state index contributed by atoms with van der Waals surface area (Å²) < 4.78 is 27.5. The molecule has 1 aliphatic heterocycles. The zero-order chi connectivity index (χ0) is 10.9. The fourth-order valence-electron chi connectivity index (χ4n) is 1.04. The Hall–Kier alpha value is -1.82. The van der Waals surface area contributed by atoms with E-state index in [9.17, 15) is 8.42 Å². The van der Waals surface area contributed by atoms with E-state index < -0.39 is 9.84 Å². The van der Waals surface area contributed by atoms with Gasteiger partial charge in [0.05, 0.1) is 5.41 Å². The second-order valence-electron chi connectivity index (χ2n) is 2.82. The van der Waals surface area contributed by atoms with Gasteiger partial charge in [0.1, 0.15) is 11.5 Å². The molecule has 0 spiro atoms. The van der Waals surface area contributed by atoms with Crippen LogP contribution in [-0.4, -0.2) is 18.8 Å². The minimum atomic E-state index is -3.53. The van der Waals surface area contributed by atoms with E-state index in [4.69, 9.17) is 9.84 Å². The fourth-order valence-corrected chi connectivity index (χ4v) is 1.79. The Labute approximate surface area is 86.3 Å². The number of rotatable bonds is 1. The van der Waals surface area contributed by atoms with Gasteiger partial charge in [-0.05, 0) is 12.1 Å². The maximum absolute atomic E-state index is 11.2. The van der Waals surface area contributed by atoms with Gasteiger partial charge in [-0.15, -0.1) is 0 Å². The molecule has 0 unspecified atom stereocenters. The van der Waals surface area contributed by atoms with Gasteiger partial charge in [0.15, 0.2) is 0 Å². The van der Waals surface area contributed by atoms with Gasteiger partial charge >= 0.3 is 5.23 Å². The zero-order valence-corrected chi connectivity index (χ0v) is 8.31. The maximum Gasteiger partial charge on any atom is 0.319 e. The Balaban J connectivity index is 2.25. The Bertz CT molecular complexity index is 545. The number of sulfone groups is 1. The molecule has 0 radical (unpaired) electrons. The Morgan fingerprint density at radius 3 is 2.73 bits per heavy atom. The van der Waals surface area contributed by atoms with Crippen LogP contribution in [0, 0.1) is 0 Å². The first-order chi connectivity index (χ1) is 7.08. The average Bonchev–Trinajstić information content (AvgIpc) is 2.46. The molecule has 1 aliphatic rings. The van der Waals surface area contributed by atoms with Crippen molar-refractivity contribution in [2.75, 3.05) is 0 Å². The van der Waals surface area contributed by atoms with Crippen molar-refractivity contribution >= 4 is 15.1 Å². The minimum absolute atomic E-state index is 0.00328. The topological polar surface area (TPSA) is 76.0 Å². The maximum atomic E-state index is 11.2. The summed E-state index contributed by atoms with van der Waals surface area (Å²) in [6.07, 6.45) is 1.15. The van der Waals surface area contributed by atoms with Crippen LogP contribution in [0.2, 0.25) is 0 Å². The highest BCUT2D eigenvalue weighted by Crippen LogP contribution is 2.20. The molecule has 2 rings (SSSR count). The lowest BCUT2D eigenvalue weighted by molar-refractivity contribution is 0.469. The van der Waals surface area contributed by atoms with Crippen LogP contribution in [0.1, 0.15) is 0 Å². The van der Waals surface area contributed by atoms with Crippen LogP contribution in [0.4, 0.5) is 0 Å². The summed E-state index contributed by atoms with van der Waals surface area (Å²) in [5.74, 6) is 0.220. The smallest absolute Gasteiger partial charge is 0.319 e. The first-order valence-corrected chi connectivity index (χ1v) is 5.59. The van der Waals surface area contributed by atoms with Crippen molar-refractivity contribution in [2.24, 2.45) is 4.99 Å². The van der Waals surface area contributed by atoms with E-state index in [2.05, 4.69) is 4.99 Å². The van der Waals surface area contributed by atoms with Crippen LogP contribution >= 0.6 is 0 Å². The van der Waals surface area contributed by atoms with Crippen LogP contribution in [0.5, 0.6) is 11.5 Å². The number of benzene rings is 1. The van der Waals surface area contributed by atoms with Gasteiger partial charge < -0.3 is 9.84 Å². The number of hydrogen-bond acceptors (Lipinski definition) is 5. The molecule has 0 saturated carbocycles. The second-order valence-corrected chi connectivity index (χ2v) is 4.54. The molecule has 0 bridgehead atoms. The second kappa shape index (κ2) is 3.39. The van der Waals surface area contributed by atoms with E-state index in [1.54, 1.807) is 6.07 Å². The highest BCUT2D eigenvalue weighted by molar-refractivity contribution is 8.08. The number of aromatic hydroxyl groups is 1. The first kappa shape index (κ1) is 9.72. The summed E-state index contributed by atoms with van der Waals surface area (Å²) in [7, 11) is -3.53. The molecule has 0 aliphatic carbocycles. The van der Waals surface area contributed by atoms with Crippen LogP contribution in [-0.2, 0) is 9.84 Å². The molecule has 0 saturated heterocycles. The monoisotopic (exact) mass is 225 g/mol. The number of hydrogen-bond donors (Lipinski definition) is 1. The summed E-state index contributed by atoms with van der Waals surface area (Å²) in [6.45, 7) is 0. The number of aliphatic imine (C=N–C) groups is 1. The van der Waals surface area contributed by atoms with Gasteiger partial charge in [0.25, 0.3) is 9.84 Å². The standard InChI is InChI=1S/C9H7NO4S/c11-7-2-1-3-8(6-7)14-9-10-4-5-15(9,12)13/h1-6,11H. The molecule has 0 fully saturated rings. The molecule has 1 N–H and O–H groups in total. The molecule has 1 heterocycles. The van der Waals surface area contributed by atoms with E-state index in [0.29, 0.717) is 0 Å². The van der Waals surface area contributed by atoms with E-state index in [1.165, 1.54) is 18.2 Å². The van der Waals surface area contributed by atoms with Crippen molar-refractivity contribution in [2.45, 2.75) is 0 Å². The highest BCUT2D eigenvalue weighted by atomic mass is 32.2. The first-order valence-electron chi connectivity index (χ1n) is 4.04. The molecule has 0 atom stereocenters. The predicted molar refractivity (Wildman–Crippen MR) is 54.2 cm³/mol. The van der Waals surface area contributed by atoms with Crippen LogP contribution < -0.4 is 4.74 Å². The van der Waals surface area contributed by atoms with Gasteiger partial charge in [-0.25, -0.2) is 13.4 Å². The zero-order valence-electron chi connectivity index (χ0n) is 7.49. The lowest BCUT2D eigenvalue weighted by Crippen LogP contribution is -2.15. The molecule has 1 aromatic carbocycles. The molecular formula is C9H7NO4S. The quantitative estimate of drug-likeness (QED) is 0.774. The lowest BCUT2D eigenvalue weighted by Gasteiger charge is -2.03. The third kappa shape index (κ3) is 1.99. The average molecular weight is 225 g/mol. The predicted octanol–water partition coefficient (Wildman–Crippen LogP) is 1.03. The highest BCUT2D eigenvalue weighted by Gasteiger charge is 2.22. The molecule has 0 aromatic heterocycles. The van der Waals surface area contributed by atoms with Gasteiger partial charge in [0.2, 0.25) is 0 Å². The largest absolute Gasteiger partial charge is 0.508 e.